The van der Waals surface area contributed by atoms with Gasteiger partial charge in [0.1, 0.15) is 0 Å². The van der Waals surface area contributed by atoms with Crippen LogP contribution < -0.4 is 5.32 Å². The highest BCUT2D eigenvalue weighted by molar-refractivity contribution is 8.04. The van der Waals surface area contributed by atoms with E-state index in [2.05, 4.69) is 17.3 Å². The van der Waals surface area contributed by atoms with Crippen LogP contribution in [0.25, 0.3) is 0 Å². The van der Waals surface area contributed by atoms with Crippen molar-refractivity contribution in [1.82, 2.24) is 10.2 Å². The maximum atomic E-state index is 10.8. The molecule has 0 bridgehead atoms. The summed E-state index contributed by atoms with van der Waals surface area (Å²) in [7, 11) is 2.07. The normalized spacial score (nSPS) is 28.2. The summed E-state index contributed by atoms with van der Waals surface area (Å²) >= 11 is 1.45. The third-order valence-corrected chi connectivity index (χ3v) is 3.72. The molecule has 2 heterocycles. The topological polar surface area (TPSA) is 52.6 Å². The fraction of sp³-hybridized carbons (Fsp3) is 0.667. The van der Waals surface area contributed by atoms with Crippen LogP contribution in [0, 0.1) is 0 Å². The molecule has 0 spiro atoms. The van der Waals surface area contributed by atoms with E-state index in [1.165, 1.54) is 16.7 Å². The van der Waals surface area contributed by atoms with E-state index in [0.29, 0.717) is 0 Å². The lowest BCUT2D eigenvalue weighted by Crippen LogP contribution is -2.29. The van der Waals surface area contributed by atoms with Crippen LogP contribution in [-0.4, -0.2) is 41.5 Å². The predicted octanol–water partition coefficient (Wildman–Crippen LogP) is 0.671. The molecule has 0 aromatic carbocycles. The van der Waals surface area contributed by atoms with Gasteiger partial charge >= 0.3 is 5.97 Å². The first kappa shape index (κ1) is 9.86. The zero-order valence-corrected chi connectivity index (χ0v) is 8.93. The van der Waals surface area contributed by atoms with Crippen LogP contribution in [0.1, 0.15) is 12.8 Å². The highest BCUT2D eigenvalue weighted by atomic mass is 32.2. The summed E-state index contributed by atoms with van der Waals surface area (Å²) in [4.78, 5) is 14.2. The third-order valence-electron chi connectivity index (χ3n) is 2.51. The second-order valence-corrected chi connectivity index (χ2v) is 4.92. The summed E-state index contributed by atoms with van der Waals surface area (Å²) in [6, 6.07) is 0. The second kappa shape index (κ2) is 3.82. The molecule has 2 rings (SSSR count). The summed E-state index contributed by atoms with van der Waals surface area (Å²) in [6.45, 7) is 1.98. The molecule has 0 radical (unpaired) electrons. The molecule has 5 heteroatoms. The van der Waals surface area contributed by atoms with E-state index in [4.69, 9.17) is 5.11 Å². The minimum Gasteiger partial charge on any atom is -0.479 e. The van der Waals surface area contributed by atoms with Gasteiger partial charge in [0.05, 0.1) is 0 Å². The molecule has 0 fully saturated rings. The zero-order chi connectivity index (χ0) is 10.1. The first-order valence-electron chi connectivity index (χ1n) is 4.73. The number of likely N-dealkylation sites (N-methyl/N-ethyl adjacent to an activating group) is 1. The Morgan fingerprint density at radius 1 is 1.71 bits per heavy atom. The monoisotopic (exact) mass is 214 g/mol. The van der Waals surface area contributed by atoms with E-state index >= 15 is 0 Å². The fourth-order valence-electron chi connectivity index (χ4n) is 1.79. The quantitative estimate of drug-likeness (QED) is 0.672. The number of carboxylic acids is 1. The van der Waals surface area contributed by atoms with Crippen LogP contribution in [0.3, 0.4) is 0 Å². The van der Waals surface area contributed by atoms with Gasteiger partial charge in [-0.3, -0.25) is 0 Å². The van der Waals surface area contributed by atoms with Crippen molar-refractivity contribution < 1.29 is 9.90 Å². The van der Waals surface area contributed by atoms with Crippen molar-refractivity contribution in [3.05, 3.63) is 10.6 Å². The van der Waals surface area contributed by atoms with E-state index in [1.807, 2.05) is 0 Å². The Morgan fingerprint density at radius 3 is 3.21 bits per heavy atom. The van der Waals surface area contributed by atoms with Crippen molar-refractivity contribution >= 4 is 17.7 Å². The van der Waals surface area contributed by atoms with Crippen LogP contribution in [0.2, 0.25) is 0 Å². The van der Waals surface area contributed by atoms with Gasteiger partial charge in [-0.1, -0.05) is 11.8 Å². The van der Waals surface area contributed by atoms with Crippen molar-refractivity contribution in [1.29, 1.82) is 0 Å². The maximum absolute atomic E-state index is 10.8. The van der Waals surface area contributed by atoms with Crippen LogP contribution in [0.15, 0.2) is 10.6 Å². The highest BCUT2D eigenvalue weighted by Gasteiger charge is 2.30. The standard InChI is InChI=1S/C9H14N2O2S/c1-11-4-2-3-6-7(5-11)14-8(10-6)9(12)13/h8,10H,2-5H2,1H3,(H,12,13). The number of allylic oxidation sites excluding steroid dienone is 1. The molecular weight excluding hydrogens is 200 g/mol. The molecule has 0 saturated heterocycles. The van der Waals surface area contributed by atoms with Crippen LogP contribution >= 0.6 is 11.8 Å². The van der Waals surface area contributed by atoms with Gasteiger partial charge in [-0.15, -0.1) is 0 Å². The number of rotatable bonds is 1. The maximum Gasteiger partial charge on any atom is 0.337 e. The molecule has 14 heavy (non-hydrogen) atoms. The molecule has 0 aromatic rings. The van der Waals surface area contributed by atoms with Gasteiger partial charge in [0.2, 0.25) is 0 Å². The summed E-state index contributed by atoms with van der Waals surface area (Å²) in [6.07, 6.45) is 2.09. The van der Waals surface area contributed by atoms with Crippen molar-refractivity contribution in [2.45, 2.75) is 18.2 Å². The molecule has 78 valence electrons. The van der Waals surface area contributed by atoms with Gasteiger partial charge in [-0.05, 0) is 26.4 Å². The van der Waals surface area contributed by atoms with E-state index in [9.17, 15) is 4.79 Å². The van der Waals surface area contributed by atoms with Crippen molar-refractivity contribution in [2.75, 3.05) is 20.1 Å². The Labute approximate surface area is 87.3 Å². The van der Waals surface area contributed by atoms with Crippen molar-refractivity contribution in [3.8, 4) is 0 Å². The van der Waals surface area contributed by atoms with Crippen LogP contribution in [0.5, 0.6) is 0 Å². The second-order valence-electron chi connectivity index (χ2n) is 3.72. The number of carbonyl (C=O) groups is 1. The molecule has 2 N–H and O–H groups in total. The largest absolute Gasteiger partial charge is 0.479 e. The molecule has 0 saturated carbocycles. The average molecular weight is 214 g/mol. The lowest BCUT2D eigenvalue weighted by molar-refractivity contribution is -0.136. The Hall–Kier alpha value is -0.680. The molecule has 0 aliphatic carbocycles. The Kier molecular flexibility index (Phi) is 2.69. The first-order chi connectivity index (χ1) is 6.66. The molecule has 2 aliphatic heterocycles. The number of hydrogen-bond acceptors (Lipinski definition) is 4. The Balaban J connectivity index is 2.07. The average Bonchev–Trinajstić information content (AvgIpc) is 2.42. The van der Waals surface area contributed by atoms with Gasteiger partial charge in [-0.25, -0.2) is 4.79 Å². The summed E-state index contributed by atoms with van der Waals surface area (Å²) in [5.41, 5.74) is 1.15. The van der Waals surface area contributed by atoms with Crippen LogP contribution in [-0.2, 0) is 4.79 Å². The SMILES string of the molecule is CN1CCCC2=C(C1)SC(C(=O)O)N2. The Morgan fingerprint density at radius 2 is 2.50 bits per heavy atom. The molecule has 2 aliphatic rings. The summed E-state index contributed by atoms with van der Waals surface area (Å²) in [5.74, 6) is -0.772. The van der Waals surface area contributed by atoms with E-state index in [-0.39, 0.29) is 0 Å². The lowest BCUT2D eigenvalue weighted by atomic mass is 10.2. The molecule has 0 amide bonds. The number of nitrogens with one attached hydrogen (secondary N) is 1. The van der Waals surface area contributed by atoms with E-state index in [1.54, 1.807) is 0 Å². The van der Waals surface area contributed by atoms with Gasteiger partial charge in [0.25, 0.3) is 0 Å². The van der Waals surface area contributed by atoms with Gasteiger partial charge < -0.3 is 15.3 Å². The molecule has 0 aromatic heterocycles. The number of aliphatic carboxylic acids is 1. The fourth-order valence-corrected chi connectivity index (χ4v) is 2.97. The van der Waals surface area contributed by atoms with E-state index in [0.717, 1.165) is 31.6 Å². The Bertz CT molecular complexity index is 291. The van der Waals surface area contributed by atoms with Crippen molar-refractivity contribution in [2.24, 2.45) is 0 Å². The lowest BCUT2D eigenvalue weighted by Gasteiger charge is -2.14. The van der Waals surface area contributed by atoms with E-state index < -0.39 is 11.3 Å². The molecule has 1 unspecified atom stereocenters. The van der Waals surface area contributed by atoms with Gasteiger partial charge in [0.15, 0.2) is 5.37 Å². The smallest absolute Gasteiger partial charge is 0.337 e. The summed E-state index contributed by atoms with van der Waals surface area (Å²) in [5, 5.41) is 11.5. The first-order valence-corrected chi connectivity index (χ1v) is 5.61. The number of carboxylic acid groups (broad SMARTS) is 1. The highest BCUT2D eigenvalue weighted by Crippen LogP contribution is 2.34. The third kappa shape index (κ3) is 1.88. The molecule has 4 nitrogen and oxygen atoms in total. The molecule has 1 atom stereocenters. The predicted molar refractivity (Wildman–Crippen MR) is 55.9 cm³/mol. The van der Waals surface area contributed by atoms with Gasteiger partial charge in [-0.2, -0.15) is 0 Å². The van der Waals surface area contributed by atoms with Gasteiger partial charge in [0, 0.05) is 17.1 Å². The molecular formula is C9H14N2O2S. The zero-order valence-electron chi connectivity index (χ0n) is 8.12. The minimum absolute atomic E-state index is 0.466. The summed E-state index contributed by atoms with van der Waals surface area (Å²) < 4.78 is 0. The number of hydrogen-bond donors (Lipinski definition) is 2. The minimum atomic E-state index is -0.772. The van der Waals surface area contributed by atoms with Crippen LogP contribution in [0.4, 0.5) is 0 Å². The van der Waals surface area contributed by atoms with Crippen molar-refractivity contribution in [3.63, 3.8) is 0 Å². The number of nitrogens with zero attached hydrogens (tertiary/aromatic N) is 1. The number of thioether (sulfide) groups is 1.